The predicted molar refractivity (Wildman–Crippen MR) is 86.2 cm³/mol. The van der Waals surface area contributed by atoms with E-state index < -0.39 is 56.9 Å². The van der Waals surface area contributed by atoms with Gasteiger partial charge in [-0.15, -0.1) is 0 Å². The molecule has 0 heterocycles. The molecule has 1 N–H and O–H groups in total. The van der Waals surface area contributed by atoms with E-state index in [-0.39, 0.29) is 18.5 Å². The van der Waals surface area contributed by atoms with Gasteiger partial charge in [-0.2, -0.15) is 13.2 Å². The van der Waals surface area contributed by atoms with Crippen LogP contribution in [0.15, 0.2) is 18.2 Å². The van der Waals surface area contributed by atoms with Gasteiger partial charge in [0.1, 0.15) is 16.4 Å². The number of benzene rings is 1. The van der Waals surface area contributed by atoms with Crippen molar-refractivity contribution >= 4 is 15.7 Å². The Balaban J connectivity index is 2.64. The first-order valence-electron chi connectivity index (χ1n) is 7.77. The van der Waals surface area contributed by atoms with E-state index >= 15 is 0 Å². The van der Waals surface area contributed by atoms with Gasteiger partial charge in [0.2, 0.25) is 5.91 Å². The highest BCUT2D eigenvalue weighted by molar-refractivity contribution is 7.93. The average molecular weight is 401 g/mol. The van der Waals surface area contributed by atoms with Crippen LogP contribution >= 0.6 is 0 Å². The number of nitrogens with one attached hydrogen (secondary N) is 1. The van der Waals surface area contributed by atoms with Gasteiger partial charge in [-0.05, 0) is 50.5 Å². The van der Waals surface area contributed by atoms with E-state index in [0.29, 0.717) is 0 Å². The lowest BCUT2D eigenvalue weighted by molar-refractivity contribution is -0.134. The van der Waals surface area contributed by atoms with E-state index in [2.05, 4.69) is 5.32 Å². The third kappa shape index (κ3) is 6.22. The van der Waals surface area contributed by atoms with Crippen LogP contribution < -0.4 is 5.32 Å². The summed E-state index contributed by atoms with van der Waals surface area (Å²) in [6.45, 7) is 2.03. The van der Waals surface area contributed by atoms with Crippen molar-refractivity contribution in [3.8, 4) is 0 Å². The number of amides is 1. The van der Waals surface area contributed by atoms with Gasteiger partial charge in [-0.3, -0.25) is 4.79 Å². The molecule has 0 unspecified atom stereocenters. The summed E-state index contributed by atoms with van der Waals surface area (Å²) in [4.78, 5) is 12.1. The molecule has 0 saturated heterocycles. The molecular weight excluding hydrogens is 381 g/mol. The lowest BCUT2D eigenvalue weighted by atomic mass is 10.1. The Morgan fingerprint density at radius 1 is 1.15 bits per heavy atom. The molecule has 0 saturated carbocycles. The van der Waals surface area contributed by atoms with E-state index in [1.807, 2.05) is 0 Å². The third-order valence-electron chi connectivity index (χ3n) is 3.89. The lowest BCUT2D eigenvalue weighted by Crippen LogP contribution is -2.49. The molecule has 1 rings (SSSR count). The van der Waals surface area contributed by atoms with Crippen LogP contribution in [0, 0.1) is 11.6 Å². The standard InChI is InChI=1S/C16H20F5NO3S/c1-15(2,26(24,25)9-3-7-16(19,20)21)14(23)22-8-6-11-10-12(17)4-5-13(11)18/h4-5,10H,3,6-9H2,1-2H3,(H,22,23). The van der Waals surface area contributed by atoms with Gasteiger partial charge in [-0.1, -0.05) is 0 Å². The number of halogens is 5. The SMILES string of the molecule is CC(C)(C(=O)NCCc1cc(F)ccc1F)S(=O)(=O)CCCC(F)(F)F. The summed E-state index contributed by atoms with van der Waals surface area (Å²) >= 11 is 0. The Labute approximate surface area is 148 Å². The molecule has 1 aromatic carbocycles. The molecule has 0 fully saturated rings. The van der Waals surface area contributed by atoms with Gasteiger partial charge in [0, 0.05) is 13.0 Å². The Hall–Kier alpha value is -1.71. The Morgan fingerprint density at radius 2 is 1.77 bits per heavy atom. The number of alkyl halides is 3. The molecule has 0 bridgehead atoms. The van der Waals surface area contributed by atoms with Gasteiger partial charge in [0.05, 0.1) is 5.75 Å². The molecule has 26 heavy (non-hydrogen) atoms. The molecular formula is C16H20F5NO3S. The first-order chi connectivity index (χ1) is 11.8. The zero-order valence-corrected chi connectivity index (χ0v) is 15.1. The van der Waals surface area contributed by atoms with Crippen molar-refractivity contribution in [1.82, 2.24) is 5.32 Å². The largest absolute Gasteiger partial charge is 0.389 e. The van der Waals surface area contributed by atoms with Gasteiger partial charge >= 0.3 is 6.18 Å². The fourth-order valence-corrected chi connectivity index (χ4v) is 3.51. The smallest absolute Gasteiger partial charge is 0.354 e. The Bertz CT molecular complexity index is 745. The van der Waals surface area contributed by atoms with Gasteiger partial charge < -0.3 is 5.32 Å². The van der Waals surface area contributed by atoms with Crippen molar-refractivity contribution in [2.45, 2.75) is 44.0 Å². The minimum atomic E-state index is -4.48. The van der Waals surface area contributed by atoms with Crippen molar-refractivity contribution in [3.05, 3.63) is 35.4 Å². The third-order valence-corrected chi connectivity index (χ3v) is 6.45. The maximum atomic E-state index is 13.5. The number of carbonyl (C=O) groups excluding carboxylic acids is 1. The second-order valence-corrected chi connectivity index (χ2v) is 8.95. The van der Waals surface area contributed by atoms with Crippen LogP contribution in [0.3, 0.4) is 0 Å². The zero-order chi connectivity index (χ0) is 20.2. The topological polar surface area (TPSA) is 63.2 Å². The minimum Gasteiger partial charge on any atom is -0.354 e. The first kappa shape index (κ1) is 22.3. The van der Waals surface area contributed by atoms with Crippen LogP contribution in [0.1, 0.15) is 32.3 Å². The van der Waals surface area contributed by atoms with Crippen LogP contribution in [0.2, 0.25) is 0 Å². The van der Waals surface area contributed by atoms with E-state index in [4.69, 9.17) is 0 Å². The molecule has 0 radical (unpaired) electrons. The molecule has 0 aliphatic carbocycles. The van der Waals surface area contributed by atoms with Crippen molar-refractivity contribution in [2.24, 2.45) is 0 Å². The molecule has 0 aliphatic heterocycles. The number of hydrogen-bond acceptors (Lipinski definition) is 3. The number of carbonyl (C=O) groups is 1. The molecule has 0 atom stereocenters. The van der Waals surface area contributed by atoms with Crippen LogP contribution in [0.4, 0.5) is 22.0 Å². The minimum absolute atomic E-state index is 0.0103. The van der Waals surface area contributed by atoms with Crippen LogP contribution in [0.25, 0.3) is 0 Å². The van der Waals surface area contributed by atoms with Crippen LogP contribution in [-0.2, 0) is 21.1 Å². The van der Waals surface area contributed by atoms with Crippen molar-refractivity contribution in [3.63, 3.8) is 0 Å². The second-order valence-electron chi connectivity index (χ2n) is 6.29. The monoisotopic (exact) mass is 401 g/mol. The van der Waals surface area contributed by atoms with Crippen molar-refractivity contribution < 1.29 is 35.2 Å². The first-order valence-corrected chi connectivity index (χ1v) is 9.43. The molecule has 0 aliphatic rings. The van der Waals surface area contributed by atoms with Gasteiger partial charge in [0.15, 0.2) is 9.84 Å². The fraction of sp³-hybridized carbons (Fsp3) is 0.562. The Morgan fingerprint density at radius 3 is 2.35 bits per heavy atom. The second kappa shape index (κ2) is 8.32. The summed E-state index contributed by atoms with van der Waals surface area (Å²) in [5.41, 5.74) is 0.0103. The lowest BCUT2D eigenvalue weighted by Gasteiger charge is -2.24. The summed E-state index contributed by atoms with van der Waals surface area (Å²) in [5.74, 6) is -3.02. The van der Waals surface area contributed by atoms with Gasteiger partial charge in [0.25, 0.3) is 0 Å². The summed E-state index contributed by atoms with van der Waals surface area (Å²) in [7, 11) is -4.14. The molecule has 0 aromatic heterocycles. The number of rotatable bonds is 8. The summed E-state index contributed by atoms with van der Waals surface area (Å²) in [5, 5.41) is 2.30. The highest BCUT2D eigenvalue weighted by Gasteiger charge is 2.41. The molecule has 148 valence electrons. The maximum absolute atomic E-state index is 13.5. The zero-order valence-electron chi connectivity index (χ0n) is 14.3. The Kier molecular flexibility index (Phi) is 7.15. The van der Waals surface area contributed by atoms with E-state index in [9.17, 15) is 35.2 Å². The van der Waals surface area contributed by atoms with E-state index in [1.54, 1.807) is 0 Å². The number of sulfone groups is 1. The molecule has 10 heteroatoms. The van der Waals surface area contributed by atoms with Crippen molar-refractivity contribution in [1.29, 1.82) is 0 Å². The van der Waals surface area contributed by atoms with E-state index in [1.165, 1.54) is 0 Å². The molecule has 1 amide bonds. The average Bonchev–Trinajstić information content (AvgIpc) is 2.48. The highest BCUT2D eigenvalue weighted by atomic mass is 32.2. The molecule has 0 spiro atoms. The number of hydrogen-bond donors (Lipinski definition) is 1. The predicted octanol–water partition coefficient (Wildman–Crippen LogP) is 3.16. The van der Waals surface area contributed by atoms with Crippen LogP contribution in [0.5, 0.6) is 0 Å². The van der Waals surface area contributed by atoms with Crippen LogP contribution in [-0.4, -0.2) is 37.5 Å². The van der Waals surface area contributed by atoms with Crippen molar-refractivity contribution in [2.75, 3.05) is 12.3 Å². The van der Waals surface area contributed by atoms with Gasteiger partial charge in [-0.25, -0.2) is 17.2 Å². The summed E-state index contributed by atoms with van der Waals surface area (Å²) < 4.78 is 85.4. The maximum Gasteiger partial charge on any atom is 0.389 e. The highest BCUT2D eigenvalue weighted by Crippen LogP contribution is 2.24. The quantitative estimate of drug-likeness (QED) is 0.681. The molecule has 1 aromatic rings. The summed E-state index contributed by atoms with van der Waals surface area (Å²) in [6, 6.07) is 2.83. The fourth-order valence-electron chi connectivity index (χ4n) is 2.12. The van der Waals surface area contributed by atoms with E-state index in [0.717, 1.165) is 32.0 Å². The molecule has 4 nitrogen and oxygen atoms in total. The normalized spacial score (nSPS) is 12.9. The summed E-state index contributed by atoms with van der Waals surface area (Å²) in [6.07, 6.45) is -6.45.